The lowest BCUT2D eigenvalue weighted by Gasteiger charge is -2.18. The van der Waals surface area contributed by atoms with Crippen LogP contribution < -0.4 is 0 Å². The quantitative estimate of drug-likeness (QED) is 0.342. The van der Waals surface area contributed by atoms with Gasteiger partial charge in [-0.15, -0.1) is 11.3 Å². The van der Waals surface area contributed by atoms with Crippen molar-refractivity contribution in [2.75, 3.05) is 12.4 Å². The number of carbonyl (C=O) groups excluding carboxylic acids is 1. The van der Waals surface area contributed by atoms with Crippen molar-refractivity contribution in [2.24, 2.45) is 5.92 Å². The maximum Gasteiger partial charge on any atom is 0.316 e. The molecule has 0 saturated carbocycles. The zero-order valence-electron chi connectivity index (χ0n) is 15.3. The van der Waals surface area contributed by atoms with Gasteiger partial charge in [0.2, 0.25) is 0 Å². The van der Waals surface area contributed by atoms with Gasteiger partial charge in [0.15, 0.2) is 0 Å². The van der Waals surface area contributed by atoms with Crippen molar-refractivity contribution in [1.29, 1.82) is 0 Å². The molecule has 0 unspecified atom stereocenters. The second kappa shape index (κ2) is 8.40. The Labute approximate surface area is 167 Å². The molecule has 1 aliphatic carbocycles. The molecule has 1 atom stereocenters. The number of thiophene rings is 1. The van der Waals surface area contributed by atoms with Gasteiger partial charge in [-0.1, -0.05) is 49.0 Å². The first kappa shape index (κ1) is 18.4. The lowest BCUT2D eigenvalue weighted by molar-refractivity contribution is -0.140. The molecule has 27 heavy (non-hydrogen) atoms. The maximum atomic E-state index is 12.1. The van der Waals surface area contributed by atoms with Gasteiger partial charge in [0.1, 0.15) is 16.2 Å². The van der Waals surface area contributed by atoms with Crippen LogP contribution in [0.2, 0.25) is 0 Å². The van der Waals surface area contributed by atoms with Crippen LogP contribution in [0, 0.1) is 5.92 Å². The SMILES string of the molecule is C[C@H]1CCc2c(sc3ncnc(SCC(=O)OCCc4ccccc4)c23)C1. The minimum absolute atomic E-state index is 0.194. The van der Waals surface area contributed by atoms with Gasteiger partial charge >= 0.3 is 5.97 Å². The smallest absolute Gasteiger partial charge is 0.316 e. The molecule has 2 heterocycles. The predicted octanol–water partition coefficient (Wildman–Crippen LogP) is 4.69. The van der Waals surface area contributed by atoms with Crippen molar-refractivity contribution in [1.82, 2.24) is 9.97 Å². The van der Waals surface area contributed by atoms with E-state index >= 15 is 0 Å². The summed E-state index contributed by atoms with van der Waals surface area (Å²) in [5, 5.41) is 2.07. The van der Waals surface area contributed by atoms with E-state index in [1.807, 2.05) is 30.3 Å². The molecule has 4 nitrogen and oxygen atoms in total. The van der Waals surface area contributed by atoms with E-state index < -0.39 is 0 Å². The van der Waals surface area contributed by atoms with Crippen LogP contribution in [0.25, 0.3) is 10.2 Å². The summed E-state index contributed by atoms with van der Waals surface area (Å²) in [6, 6.07) is 10.1. The third kappa shape index (κ3) is 4.33. The summed E-state index contributed by atoms with van der Waals surface area (Å²) < 4.78 is 5.39. The highest BCUT2D eigenvalue weighted by atomic mass is 32.2. The zero-order valence-corrected chi connectivity index (χ0v) is 16.9. The molecular weight excluding hydrogens is 376 g/mol. The van der Waals surface area contributed by atoms with Crippen molar-refractivity contribution >= 4 is 39.3 Å². The number of hydrogen-bond donors (Lipinski definition) is 0. The number of carbonyl (C=O) groups is 1. The van der Waals surface area contributed by atoms with E-state index in [1.165, 1.54) is 34.2 Å². The van der Waals surface area contributed by atoms with Crippen LogP contribution in [0.4, 0.5) is 0 Å². The molecule has 0 aliphatic heterocycles. The molecule has 0 amide bonds. The average Bonchev–Trinajstić information content (AvgIpc) is 3.05. The number of nitrogens with zero attached hydrogens (tertiary/aromatic N) is 2. The van der Waals surface area contributed by atoms with Gasteiger partial charge in [0.25, 0.3) is 0 Å². The van der Waals surface area contributed by atoms with E-state index in [2.05, 4.69) is 16.9 Å². The highest BCUT2D eigenvalue weighted by molar-refractivity contribution is 8.00. The lowest BCUT2D eigenvalue weighted by atomic mass is 9.89. The number of aromatic nitrogens is 2. The fourth-order valence-corrected chi connectivity index (χ4v) is 5.69. The second-order valence-electron chi connectivity index (χ2n) is 6.96. The average molecular weight is 399 g/mol. The molecule has 140 valence electrons. The molecule has 0 fully saturated rings. The van der Waals surface area contributed by atoms with Crippen LogP contribution in [0.1, 0.15) is 29.3 Å². The largest absolute Gasteiger partial charge is 0.465 e. The molecule has 2 aromatic heterocycles. The van der Waals surface area contributed by atoms with Crippen molar-refractivity contribution in [3.63, 3.8) is 0 Å². The molecule has 0 bridgehead atoms. The Balaban J connectivity index is 1.38. The predicted molar refractivity (Wildman–Crippen MR) is 110 cm³/mol. The Morgan fingerprint density at radius 1 is 1.30 bits per heavy atom. The molecule has 0 radical (unpaired) electrons. The molecule has 0 saturated heterocycles. The van der Waals surface area contributed by atoms with Crippen LogP contribution in [-0.2, 0) is 28.8 Å². The van der Waals surface area contributed by atoms with Gasteiger partial charge in [-0.25, -0.2) is 9.97 Å². The number of aryl methyl sites for hydroxylation is 1. The van der Waals surface area contributed by atoms with Crippen LogP contribution in [0.5, 0.6) is 0 Å². The zero-order chi connectivity index (χ0) is 18.6. The Morgan fingerprint density at radius 2 is 2.15 bits per heavy atom. The van der Waals surface area contributed by atoms with Gasteiger partial charge in [0, 0.05) is 16.7 Å². The van der Waals surface area contributed by atoms with Crippen molar-refractivity contribution < 1.29 is 9.53 Å². The van der Waals surface area contributed by atoms with E-state index in [9.17, 15) is 4.79 Å². The topological polar surface area (TPSA) is 52.1 Å². The highest BCUT2D eigenvalue weighted by Gasteiger charge is 2.23. The number of ether oxygens (including phenoxy) is 1. The van der Waals surface area contributed by atoms with E-state index in [-0.39, 0.29) is 11.7 Å². The molecular formula is C21H22N2O2S2. The standard InChI is InChI=1S/C21H22N2O2S2/c1-14-7-8-16-17(11-14)27-21-19(16)20(22-13-23-21)26-12-18(24)25-10-9-15-5-3-2-4-6-15/h2-6,13-14H,7-12H2,1H3/t14-/m0/s1. The Hall–Kier alpha value is -1.92. The molecule has 1 aliphatic rings. The van der Waals surface area contributed by atoms with E-state index in [4.69, 9.17) is 4.74 Å². The lowest BCUT2D eigenvalue weighted by Crippen LogP contribution is -2.10. The van der Waals surface area contributed by atoms with Gasteiger partial charge in [0.05, 0.1) is 12.4 Å². The molecule has 3 aromatic rings. The molecule has 6 heteroatoms. The minimum atomic E-state index is -0.194. The third-order valence-electron chi connectivity index (χ3n) is 4.88. The number of rotatable bonds is 6. The monoisotopic (exact) mass is 398 g/mol. The summed E-state index contributed by atoms with van der Waals surface area (Å²) in [5.74, 6) is 0.816. The van der Waals surface area contributed by atoms with Crippen LogP contribution in [0.3, 0.4) is 0 Å². The summed E-state index contributed by atoms with van der Waals surface area (Å²) in [5.41, 5.74) is 2.57. The highest BCUT2D eigenvalue weighted by Crippen LogP contribution is 2.40. The molecule has 0 N–H and O–H groups in total. The first-order chi connectivity index (χ1) is 13.2. The Morgan fingerprint density at radius 3 is 3.00 bits per heavy atom. The number of fused-ring (bicyclic) bond motifs is 3. The first-order valence-corrected chi connectivity index (χ1v) is 11.1. The van der Waals surface area contributed by atoms with E-state index in [0.29, 0.717) is 6.61 Å². The molecule has 4 rings (SSSR count). The second-order valence-corrected chi connectivity index (χ2v) is 9.00. The number of benzene rings is 1. The van der Waals surface area contributed by atoms with Crippen LogP contribution in [0.15, 0.2) is 41.7 Å². The molecule has 0 spiro atoms. The Kier molecular flexibility index (Phi) is 5.74. The summed E-state index contributed by atoms with van der Waals surface area (Å²) >= 11 is 3.25. The van der Waals surface area contributed by atoms with Crippen molar-refractivity contribution in [3.8, 4) is 0 Å². The summed E-state index contributed by atoms with van der Waals surface area (Å²) in [6.45, 7) is 2.72. The normalized spacial score (nSPS) is 16.3. The van der Waals surface area contributed by atoms with Gasteiger partial charge < -0.3 is 4.74 Å². The van der Waals surface area contributed by atoms with Crippen molar-refractivity contribution in [3.05, 3.63) is 52.7 Å². The fraction of sp³-hybridized carbons (Fsp3) is 0.381. The maximum absolute atomic E-state index is 12.1. The minimum Gasteiger partial charge on any atom is -0.465 e. The summed E-state index contributed by atoms with van der Waals surface area (Å²) in [4.78, 5) is 23.5. The van der Waals surface area contributed by atoms with E-state index in [0.717, 1.165) is 40.4 Å². The Bertz CT molecular complexity index is 940. The van der Waals surface area contributed by atoms with Crippen molar-refractivity contribution in [2.45, 2.75) is 37.6 Å². The van der Waals surface area contributed by atoms with Crippen LogP contribution in [-0.4, -0.2) is 28.3 Å². The molecule has 1 aromatic carbocycles. The summed E-state index contributed by atoms with van der Waals surface area (Å²) in [7, 11) is 0. The van der Waals surface area contributed by atoms with Gasteiger partial charge in [-0.05, 0) is 36.3 Å². The number of hydrogen-bond acceptors (Lipinski definition) is 6. The first-order valence-electron chi connectivity index (χ1n) is 9.28. The number of esters is 1. The van der Waals surface area contributed by atoms with Gasteiger partial charge in [-0.3, -0.25) is 4.79 Å². The third-order valence-corrected chi connectivity index (χ3v) is 7.01. The number of thioether (sulfide) groups is 1. The summed E-state index contributed by atoms with van der Waals surface area (Å²) in [6.07, 6.45) is 5.77. The van der Waals surface area contributed by atoms with Crippen LogP contribution >= 0.6 is 23.1 Å². The fourth-order valence-electron chi connectivity index (χ4n) is 3.45. The van der Waals surface area contributed by atoms with Gasteiger partial charge in [-0.2, -0.15) is 0 Å². The van der Waals surface area contributed by atoms with E-state index in [1.54, 1.807) is 17.7 Å².